The second-order valence-electron chi connectivity index (χ2n) is 11.7. The molecule has 0 amide bonds. The lowest BCUT2D eigenvalue weighted by Crippen LogP contribution is -2.07. The molecule has 0 aliphatic rings. The van der Waals surface area contributed by atoms with E-state index in [-0.39, 0.29) is 0 Å². The van der Waals surface area contributed by atoms with Crippen LogP contribution in [0.5, 0.6) is 0 Å². The first-order valence-electron chi connectivity index (χ1n) is 15.8. The zero-order valence-electron chi connectivity index (χ0n) is 26.5. The fourth-order valence-corrected chi connectivity index (χ4v) is 5.71. The van der Waals surface area contributed by atoms with Crippen LogP contribution in [0.25, 0.3) is 56.8 Å². The van der Waals surface area contributed by atoms with E-state index in [0.717, 1.165) is 73.1 Å². The minimum atomic E-state index is 0.802. The van der Waals surface area contributed by atoms with Gasteiger partial charge in [0, 0.05) is 36.5 Å². The Labute approximate surface area is 276 Å². The van der Waals surface area contributed by atoms with Gasteiger partial charge in [0.15, 0.2) is 0 Å². The van der Waals surface area contributed by atoms with Crippen LogP contribution < -0.4 is 4.90 Å². The maximum atomic E-state index is 6.61. The monoisotopic (exact) mass is 607 g/mol. The predicted octanol–water partition coefficient (Wildman–Crippen LogP) is 11.3. The largest absolute Gasteiger partial charge is 0.378 e. The van der Waals surface area contributed by atoms with Gasteiger partial charge < -0.3 is 4.90 Å². The maximum Gasteiger partial charge on any atom is 0.361 e. The number of anilines is 1. The molecule has 3 nitrogen and oxygen atoms in total. The molecule has 0 radical (unpaired) electrons. The molecule has 0 bridgehead atoms. The van der Waals surface area contributed by atoms with Gasteiger partial charge in [0.25, 0.3) is 0 Å². The summed E-state index contributed by atoms with van der Waals surface area (Å²) in [6, 6.07) is 58.8. The highest BCUT2D eigenvalue weighted by Crippen LogP contribution is 2.37. The summed E-state index contributed by atoms with van der Waals surface area (Å²) in [5.41, 5.74) is 11.5. The van der Waals surface area contributed by atoms with Crippen LogP contribution in [0.3, 0.4) is 0 Å². The van der Waals surface area contributed by atoms with Crippen molar-refractivity contribution in [1.82, 2.24) is 4.98 Å². The zero-order valence-corrected chi connectivity index (χ0v) is 26.5. The fraction of sp³-hybridized carbons (Fsp3) is 0.0455. The van der Waals surface area contributed by atoms with Crippen molar-refractivity contribution in [1.29, 1.82) is 0 Å². The molecule has 0 atom stereocenters. The molecule has 3 heteroatoms. The van der Waals surface area contributed by atoms with E-state index in [1.807, 2.05) is 48.5 Å². The van der Waals surface area contributed by atoms with Gasteiger partial charge in [-0.15, -0.1) is 0 Å². The van der Waals surface area contributed by atoms with Crippen molar-refractivity contribution >= 4 is 17.3 Å². The van der Waals surface area contributed by atoms with E-state index in [0.29, 0.717) is 0 Å². The highest BCUT2D eigenvalue weighted by Gasteiger charge is 2.23. The molecule has 2 aromatic heterocycles. The van der Waals surface area contributed by atoms with Crippen molar-refractivity contribution in [3.63, 3.8) is 0 Å². The molecule has 0 saturated heterocycles. The van der Waals surface area contributed by atoms with Crippen LogP contribution in [0.15, 0.2) is 174 Å². The third kappa shape index (κ3) is 6.80. The minimum absolute atomic E-state index is 0.802. The second kappa shape index (κ2) is 13.5. The van der Waals surface area contributed by atoms with E-state index in [4.69, 9.17) is 9.40 Å². The summed E-state index contributed by atoms with van der Waals surface area (Å²) in [5.74, 6) is 1.60. The van der Waals surface area contributed by atoms with E-state index < -0.39 is 0 Å². The minimum Gasteiger partial charge on any atom is -0.378 e. The standard InChI is InChI=1S/C44H35N2O/c1-46(2)39-25-23-32(24-26-39)27-40(37-28-41(33-15-7-3-8-16-33)45-42(29-37)34-17-9-4-10-18-34)38-30-43(35-19-11-5-12-20-35)47-44(31-38)36-21-13-6-14-22-36/h3-31H,1-2H3/q+1/b40-27-. The Morgan fingerprint density at radius 1 is 0.489 bits per heavy atom. The van der Waals surface area contributed by atoms with E-state index in [1.165, 1.54) is 0 Å². The first-order valence-corrected chi connectivity index (χ1v) is 15.8. The van der Waals surface area contributed by atoms with Gasteiger partial charge in [-0.2, -0.15) is 0 Å². The fourth-order valence-electron chi connectivity index (χ4n) is 5.71. The summed E-state index contributed by atoms with van der Waals surface area (Å²) < 4.78 is 6.61. The highest BCUT2D eigenvalue weighted by molar-refractivity contribution is 5.94. The number of rotatable bonds is 8. The Morgan fingerprint density at radius 2 is 0.894 bits per heavy atom. The van der Waals surface area contributed by atoms with Crippen molar-refractivity contribution < 1.29 is 4.42 Å². The van der Waals surface area contributed by atoms with Crippen molar-refractivity contribution in [3.05, 3.63) is 187 Å². The van der Waals surface area contributed by atoms with Gasteiger partial charge in [0.05, 0.1) is 34.6 Å². The van der Waals surface area contributed by atoms with Crippen LogP contribution in [0.4, 0.5) is 5.69 Å². The summed E-state index contributed by atoms with van der Waals surface area (Å²) in [6.45, 7) is 0. The van der Waals surface area contributed by atoms with E-state index in [2.05, 4.69) is 146 Å². The first-order chi connectivity index (χ1) is 23.1. The topological polar surface area (TPSA) is 27.4 Å². The third-order valence-electron chi connectivity index (χ3n) is 8.22. The lowest BCUT2D eigenvalue weighted by atomic mass is 9.92. The summed E-state index contributed by atoms with van der Waals surface area (Å²) in [4.78, 5) is 7.28. The number of benzene rings is 5. The van der Waals surface area contributed by atoms with Gasteiger partial charge in [-0.05, 0) is 71.3 Å². The number of nitrogens with zero attached hydrogens (tertiary/aromatic N) is 2. The molecule has 0 aliphatic heterocycles. The van der Waals surface area contributed by atoms with Crippen LogP contribution in [0.2, 0.25) is 0 Å². The summed E-state index contributed by atoms with van der Waals surface area (Å²) in [6.07, 6.45) is 2.28. The van der Waals surface area contributed by atoms with Gasteiger partial charge in [-0.25, -0.2) is 9.40 Å². The van der Waals surface area contributed by atoms with Crippen LogP contribution in [-0.4, -0.2) is 19.1 Å². The van der Waals surface area contributed by atoms with Crippen molar-refractivity contribution in [3.8, 4) is 45.2 Å². The lowest BCUT2D eigenvalue weighted by Gasteiger charge is -2.15. The van der Waals surface area contributed by atoms with Gasteiger partial charge in [-0.1, -0.05) is 109 Å². The van der Waals surface area contributed by atoms with Crippen molar-refractivity contribution in [2.45, 2.75) is 0 Å². The summed E-state index contributed by atoms with van der Waals surface area (Å²) >= 11 is 0. The highest BCUT2D eigenvalue weighted by atomic mass is 16.3. The zero-order chi connectivity index (χ0) is 32.0. The Balaban J connectivity index is 1.50. The normalized spacial score (nSPS) is 11.3. The van der Waals surface area contributed by atoms with Crippen LogP contribution in [0, 0.1) is 0 Å². The molecule has 0 saturated carbocycles. The quantitative estimate of drug-likeness (QED) is 0.161. The van der Waals surface area contributed by atoms with Gasteiger partial charge >= 0.3 is 11.5 Å². The Morgan fingerprint density at radius 3 is 1.32 bits per heavy atom. The van der Waals surface area contributed by atoms with Gasteiger partial charge in [0.1, 0.15) is 0 Å². The molecule has 2 heterocycles. The molecule has 7 aromatic rings. The first kappa shape index (κ1) is 29.6. The van der Waals surface area contributed by atoms with Crippen molar-refractivity contribution in [2.24, 2.45) is 0 Å². The second-order valence-corrected chi connectivity index (χ2v) is 11.7. The molecule has 47 heavy (non-hydrogen) atoms. The summed E-state index contributed by atoms with van der Waals surface area (Å²) in [5, 5.41) is 0. The molecule has 0 unspecified atom stereocenters. The molecule has 226 valence electrons. The maximum absolute atomic E-state index is 6.61. The lowest BCUT2D eigenvalue weighted by molar-refractivity contribution is 0.581. The molecule has 0 aliphatic carbocycles. The average molecular weight is 608 g/mol. The Bertz CT molecular complexity index is 1880. The molecular weight excluding hydrogens is 572 g/mol. The average Bonchev–Trinajstić information content (AvgIpc) is 3.15. The molecular formula is C44H35N2O+. The van der Waals surface area contributed by atoms with Crippen LogP contribution >= 0.6 is 0 Å². The Kier molecular flexibility index (Phi) is 8.52. The predicted molar refractivity (Wildman–Crippen MR) is 197 cm³/mol. The van der Waals surface area contributed by atoms with E-state index in [1.54, 1.807) is 0 Å². The Hall–Kier alpha value is -6.06. The van der Waals surface area contributed by atoms with E-state index in [9.17, 15) is 0 Å². The smallest absolute Gasteiger partial charge is 0.361 e. The van der Waals surface area contributed by atoms with Crippen LogP contribution in [0.1, 0.15) is 16.7 Å². The molecule has 0 N–H and O–H groups in total. The number of hydrogen-bond donors (Lipinski definition) is 0. The molecule has 0 spiro atoms. The van der Waals surface area contributed by atoms with Crippen LogP contribution in [-0.2, 0) is 0 Å². The molecule has 0 fully saturated rings. The van der Waals surface area contributed by atoms with Gasteiger partial charge in [-0.3, -0.25) is 0 Å². The third-order valence-corrected chi connectivity index (χ3v) is 8.22. The molecule has 5 aromatic carbocycles. The van der Waals surface area contributed by atoms with Crippen molar-refractivity contribution in [2.75, 3.05) is 19.0 Å². The number of hydrogen-bond acceptors (Lipinski definition) is 2. The molecule has 7 rings (SSSR count). The van der Waals surface area contributed by atoms with E-state index >= 15 is 0 Å². The number of pyridine rings is 1. The van der Waals surface area contributed by atoms with Gasteiger partial charge in [0.2, 0.25) is 0 Å². The summed E-state index contributed by atoms with van der Waals surface area (Å²) in [7, 11) is 4.13. The number of aromatic nitrogens is 1. The SMILES string of the molecule is CN(C)c1ccc(/C=C(/c2cc(-c3ccccc3)nc(-c3ccccc3)c2)c2cc(-c3ccccc3)[o+]c(-c3ccccc3)c2)cc1.